The third-order valence-electron chi connectivity index (χ3n) is 4.15. The van der Waals surface area contributed by atoms with Crippen LogP contribution in [0.4, 0.5) is 0 Å². The summed E-state index contributed by atoms with van der Waals surface area (Å²) in [4.78, 5) is 12.2. The molecule has 3 rings (SSSR count). The van der Waals surface area contributed by atoms with Gasteiger partial charge in [-0.1, -0.05) is 29.8 Å². The van der Waals surface area contributed by atoms with Gasteiger partial charge in [-0.05, 0) is 31.7 Å². The quantitative estimate of drug-likeness (QED) is 0.864. The fourth-order valence-electron chi connectivity index (χ4n) is 2.99. The maximum atomic E-state index is 12.2. The lowest BCUT2D eigenvalue weighted by molar-refractivity contribution is -0.123. The maximum Gasteiger partial charge on any atom is 0.241 e. The van der Waals surface area contributed by atoms with Gasteiger partial charge in [-0.15, -0.1) is 0 Å². The molecule has 4 unspecified atom stereocenters. The Morgan fingerprint density at radius 2 is 2.11 bits per heavy atom. The average Bonchev–Trinajstić information content (AvgIpc) is 3.01. The molecular formula is C15H20N2O2. The molecule has 2 saturated heterocycles. The molecule has 2 fully saturated rings. The van der Waals surface area contributed by atoms with E-state index in [1.165, 1.54) is 0 Å². The maximum absolute atomic E-state index is 12.2. The van der Waals surface area contributed by atoms with Gasteiger partial charge in [0.1, 0.15) is 6.04 Å². The summed E-state index contributed by atoms with van der Waals surface area (Å²) >= 11 is 0. The van der Waals surface area contributed by atoms with Crippen LogP contribution in [0.5, 0.6) is 0 Å². The Hall–Kier alpha value is -1.39. The van der Waals surface area contributed by atoms with E-state index in [0.717, 1.165) is 30.4 Å². The number of ether oxygens (including phenoxy) is 1. The van der Waals surface area contributed by atoms with E-state index in [4.69, 9.17) is 10.5 Å². The molecule has 1 aromatic rings. The third kappa shape index (κ3) is 2.51. The molecular weight excluding hydrogens is 240 g/mol. The second-order valence-corrected chi connectivity index (χ2v) is 5.61. The number of carbonyl (C=O) groups excluding carboxylic acids is 1. The number of carbonyl (C=O) groups is 1. The molecule has 0 aromatic heterocycles. The molecule has 1 amide bonds. The van der Waals surface area contributed by atoms with Crippen molar-refractivity contribution in [2.75, 3.05) is 0 Å². The Morgan fingerprint density at radius 3 is 2.68 bits per heavy atom. The van der Waals surface area contributed by atoms with E-state index in [2.05, 4.69) is 5.32 Å². The lowest BCUT2D eigenvalue weighted by Gasteiger charge is -2.22. The van der Waals surface area contributed by atoms with Crippen LogP contribution in [0.3, 0.4) is 0 Å². The number of aryl methyl sites for hydroxylation is 1. The van der Waals surface area contributed by atoms with Crippen molar-refractivity contribution in [2.24, 2.45) is 5.73 Å². The molecule has 2 aliphatic heterocycles. The SMILES string of the molecule is Cc1ccc(C(N)C(=O)NC2CC3CCC2O3)cc1. The highest BCUT2D eigenvalue weighted by Crippen LogP contribution is 2.34. The standard InChI is InChI=1S/C15H20N2O2/c1-9-2-4-10(5-3-9)14(16)15(18)17-12-8-11-6-7-13(12)19-11/h2-5,11-14H,6-8,16H2,1H3,(H,17,18). The van der Waals surface area contributed by atoms with Crippen molar-refractivity contribution >= 4 is 5.91 Å². The topological polar surface area (TPSA) is 64.4 Å². The highest BCUT2D eigenvalue weighted by Gasteiger charge is 2.41. The highest BCUT2D eigenvalue weighted by molar-refractivity contribution is 5.83. The number of nitrogens with one attached hydrogen (secondary N) is 1. The number of fused-ring (bicyclic) bond motifs is 2. The molecule has 1 aromatic carbocycles. The Morgan fingerprint density at radius 1 is 1.37 bits per heavy atom. The molecule has 4 heteroatoms. The van der Waals surface area contributed by atoms with Gasteiger partial charge in [0.15, 0.2) is 0 Å². The van der Waals surface area contributed by atoms with Gasteiger partial charge in [0.25, 0.3) is 0 Å². The number of rotatable bonds is 3. The highest BCUT2D eigenvalue weighted by atomic mass is 16.5. The lowest BCUT2D eigenvalue weighted by atomic mass is 9.95. The first kappa shape index (κ1) is 12.6. The van der Waals surface area contributed by atoms with Crippen LogP contribution in [-0.2, 0) is 9.53 Å². The molecule has 2 heterocycles. The normalized spacial score (nSPS) is 30.3. The zero-order chi connectivity index (χ0) is 13.4. The van der Waals surface area contributed by atoms with Crippen LogP contribution in [0.25, 0.3) is 0 Å². The van der Waals surface area contributed by atoms with Crippen molar-refractivity contribution in [1.82, 2.24) is 5.32 Å². The molecule has 19 heavy (non-hydrogen) atoms. The number of benzene rings is 1. The molecule has 2 bridgehead atoms. The Labute approximate surface area is 113 Å². The zero-order valence-electron chi connectivity index (χ0n) is 11.1. The summed E-state index contributed by atoms with van der Waals surface area (Å²) in [6, 6.07) is 7.32. The average molecular weight is 260 g/mol. The van der Waals surface area contributed by atoms with Crippen molar-refractivity contribution in [3.05, 3.63) is 35.4 Å². The number of hydrogen-bond acceptors (Lipinski definition) is 3. The summed E-state index contributed by atoms with van der Waals surface area (Å²) in [5.74, 6) is -0.106. The van der Waals surface area contributed by atoms with Crippen LogP contribution in [0.15, 0.2) is 24.3 Å². The molecule has 3 N–H and O–H groups in total. The van der Waals surface area contributed by atoms with E-state index in [0.29, 0.717) is 6.10 Å². The summed E-state index contributed by atoms with van der Waals surface area (Å²) < 4.78 is 5.73. The molecule has 0 aliphatic carbocycles. The molecule has 4 atom stereocenters. The minimum atomic E-state index is -0.597. The Kier molecular flexibility index (Phi) is 3.29. The molecule has 0 spiro atoms. The van der Waals surface area contributed by atoms with Gasteiger partial charge in [0.2, 0.25) is 5.91 Å². The van der Waals surface area contributed by atoms with Gasteiger partial charge >= 0.3 is 0 Å². The fourth-order valence-corrected chi connectivity index (χ4v) is 2.99. The Balaban J connectivity index is 1.62. The van der Waals surface area contributed by atoms with Gasteiger partial charge in [-0.3, -0.25) is 4.79 Å². The zero-order valence-corrected chi connectivity index (χ0v) is 11.1. The molecule has 4 nitrogen and oxygen atoms in total. The summed E-state index contributed by atoms with van der Waals surface area (Å²) in [5.41, 5.74) is 8.03. The van der Waals surface area contributed by atoms with Gasteiger partial charge in [0, 0.05) is 0 Å². The first-order valence-corrected chi connectivity index (χ1v) is 6.91. The predicted molar refractivity (Wildman–Crippen MR) is 72.6 cm³/mol. The number of amides is 1. The van der Waals surface area contributed by atoms with Gasteiger partial charge in [-0.25, -0.2) is 0 Å². The minimum absolute atomic E-state index is 0.106. The van der Waals surface area contributed by atoms with Crippen molar-refractivity contribution in [3.8, 4) is 0 Å². The van der Waals surface area contributed by atoms with Gasteiger partial charge in [-0.2, -0.15) is 0 Å². The smallest absolute Gasteiger partial charge is 0.241 e. The summed E-state index contributed by atoms with van der Waals surface area (Å²) in [7, 11) is 0. The summed E-state index contributed by atoms with van der Waals surface area (Å²) in [5, 5.41) is 3.03. The van der Waals surface area contributed by atoms with Crippen LogP contribution in [0, 0.1) is 6.92 Å². The van der Waals surface area contributed by atoms with E-state index < -0.39 is 6.04 Å². The number of hydrogen-bond donors (Lipinski definition) is 2. The van der Waals surface area contributed by atoms with Crippen LogP contribution in [-0.4, -0.2) is 24.2 Å². The van der Waals surface area contributed by atoms with E-state index in [1.54, 1.807) is 0 Å². The lowest BCUT2D eigenvalue weighted by Crippen LogP contribution is -2.45. The second-order valence-electron chi connectivity index (χ2n) is 5.61. The van der Waals surface area contributed by atoms with Crippen LogP contribution >= 0.6 is 0 Å². The van der Waals surface area contributed by atoms with E-state index in [-0.39, 0.29) is 18.1 Å². The van der Waals surface area contributed by atoms with Crippen molar-refractivity contribution in [3.63, 3.8) is 0 Å². The molecule has 102 valence electrons. The van der Waals surface area contributed by atoms with Crippen LogP contribution < -0.4 is 11.1 Å². The van der Waals surface area contributed by atoms with Gasteiger partial charge < -0.3 is 15.8 Å². The van der Waals surface area contributed by atoms with Gasteiger partial charge in [0.05, 0.1) is 18.2 Å². The number of nitrogens with two attached hydrogens (primary N) is 1. The van der Waals surface area contributed by atoms with E-state index in [1.807, 2.05) is 31.2 Å². The molecule has 0 saturated carbocycles. The van der Waals surface area contributed by atoms with E-state index in [9.17, 15) is 4.79 Å². The van der Waals surface area contributed by atoms with Crippen molar-refractivity contribution in [2.45, 2.75) is 50.5 Å². The van der Waals surface area contributed by atoms with Crippen LogP contribution in [0.1, 0.15) is 36.4 Å². The van der Waals surface area contributed by atoms with Crippen molar-refractivity contribution < 1.29 is 9.53 Å². The van der Waals surface area contributed by atoms with E-state index >= 15 is 0 Å². The molecule has 0 radical (unpaired) electrons. The molecule has 2 aliphatic rings. The monoisotopic (exact) mass is 260 g/mol. The van der Waals surface area contributed by atoms with Crippen LogP contribution in [0.2, 0.25) is 0 Å². The summed E-state index contributed by atoms with van der Waals surface area (Å²) in [6.07, 6.45) is 3.64. The van der Waals surface area contributed by atoms with Crippen molar-refractivity contribution in [1.29, 1.82) is 0 Å². The predicted octanol–water partition coefficient (Wildman–Crippen LogP) is 1.43. The first-order chi connectivity index (χ1) is 9.13. The first-order valence-electron chi connectivity index (χ1n) is 6.91. The summed E-state index contributed by atoms with van der Waals surface area (Å²) in [6.45, 7) is 2.02. The third-order valence-corrected chi connectivity index (χ3v) is 4.15. The Bertz CT molecular complexity index is 472. The minimum Gasteiger partial charge on any atom is -0.373 e. The fraction of sp³-hybridized carbons (Fsp3) is 0.533. The largest absolute Gasteiger partial charge is 0.373 e. The second kappa shape index (κ2) is 4.94.